The number of nitrogens with zero attached hydrogens (tertiary/aromatic N) is 4. The van der Waals surface area contributed by atoms with Crippen LogP contribution in [0, 0.1) is 40.4 Å². The molecule has 5 aliphatic rings. The van der Waals surface area contributed by atoms with Crippen LogP contribution in [0.3, 0.4) is 0 Å². The molecule has 4 aromatic carbocycles. The molecule has 94 heavy (non-hydrogen) atoms. The molecule has 19 nitrogen and oxygen atoms in total. The van der Waals surface area contributed by atoms with E-state index in [2.05, 4.69) is 22.5 Å². The van der Waals surface area contributed by atoms with Crippen LogP contribution in [0.25, 0.3) is 0 Å². The van der Waals surface area contributed by atoms with Crippen LogP contribution < -0.4 is 22.5 Å². The standard InChI is InChI=1S/C13H18N3O2P.C13H17N2O2PS.C11H14NO3PS.C10H16NO3P.C3H7N.CCl2S.CH4O.4CH3.10V/c1-18-19(17)12(10-5-3-2-4-6-10)9-15-13(14)16(19)11-7-8-11;1-17-18(16)12(10-5-3-2-4-6-10)9-14-13(19)15(18)11-7-8-11;1-14-16(13,15-2)11(8-17-9-12)10-6-4-3-5-7-10;1-13-15(12,14-2)10(8-11)9-6-4-3-5-7-9;4-3-1-2-3;2-1(3)4;1-2;;;;;;;;;;;;;;/h2-6,11-12H,7-9H2,1H3,(H2,14,15);2-6,11-12H,7-9H2,1H3,(H,14,19);3-7,11H,8H2,1-2H3;3-7,10H,8,11H2,1-2H3;3H,1-2,4H2;;2H,1H3;4*1H3;;;;;;;;;;/q;;;;;;;4*-1;;;;;;;;;;. The Kier molecular flexibility index (Phi) is 85.8. The summed E-state index contributed by atoms with van der Waals surface area (Å²) in [4.78, 5) is 4.34. The molecule has 2 aliphatic heterocycles. The van der Waals surface area contributed by atoms with Crippen LogP contribution in [0.4, 0.5) is 0 Å². The maximum atomic E-state index is 13.3. The van der Waals surface area contributed by atoms with Crippen LogP contribution in [0.5, 0.6) is 0 Å². The summed E-state index contributed by atoms with van der Waals surface area (Å²) in [6.45, 7) is 1.21. The van der Waals surface area contributed by atoms with Gasteiger partial charge in [0.05, 0.1) is 29.2 Å². The van der Waals surface area contributed by atoms with Gasteiger partial charge in [-0.15, -0.1) is 0 Å². The maximum Gasteiger partial charge on any atom is 0.338 e. The summed E-state index contributed by atoms with van der Waals surface area (Å²) in [5.41, 5.74) is 19.3. The largest absolute Gasteiger partial charge is 0.400 e. The molecule has 2 heterocycles. The van der Waals surface area contributed by atoms with Gasteiger partial charge < -0.3 is 84.5 Å². The number of aliphatic hydroxyl groups is 1. The second-order valence-corrected chi connectivity index (χ2v) is 30.7. The van der Waals surface area contributed by atoms with Gasteiger partial charge >= 0.3 is 30.2 Å². The first-order chi connectivity index (χ1) is 38.3. The number of hydrogen-bond acceptors (Lipinski definition) is 19. The number of thiocarbonyl (C=S) groups is 2. The molecule has 6 unspecified atom stereocenters. The first-order valence-electron chi connectivity index (χ1n) is 25.2. The minimum absolute atomic E-state index is 0. The minimum Gasteiger partial charge on any atom is -0.400 e. The van der Waals surface area contributed by atoms with Gasteiger partial charge in [-0.25, -0.2) is 0 Å². The van der Waals surface area contributed by atoms with E-state index in [-0.39, 0.29) is 249 Å². The van der Waals surface area contributed by atoms with Gasteiger partial charge in [-0.1, -0.05) is 157 Å². The second-order valence-electron chi connectivity index (χ2n) is 17.7. The molecule has 10 radical (unpaired) electrons. The van der Waals surface area contributed by atoms with E-state index in [0.29, 0.717) is 36.0 Å². The van der Waals surface area contributed by atoms with Gasteiger partial charge in [0.25, 0.3) is 0 Å². The van der Waals surface area contributed by atoms with Gasteiger partial charge in [0.1, 0.15) is 5.40 Å². The van der Waals surface area contributed by atoms with E-state index in [4.69, 9.17) is 90.1 Å². The van der Waals surface area contributed by atoms with E-state index in [0.717, 1.165) is 66.8 Å². The molecular weight excluding hydrogens is 1760 g/mol. The molecule has 3 aliphatic carbocycles. The van der Waals surface area contributed by atoms with Crippen molar-refractivity contribution in [2.75, 3.05) is 75.2 Å². The van der Waals surface area contributed by atoms with Gasteiger partial charge in [-0.2, -0.15) is 5.26 Å². The van der Waals surface area contributed by atoms with E-state index in [1.807, 2.05) is 131 Å². The van der Waals surface area contributed by atoms with E-state index >= 15 is 0 Å². The van der Waals surface area contributed by atoms with Gasteiger partial charge in [0.2, 0.25) is 0 Å². The van der Waals surface area contributed by atoms with Crippen molar-refractivity contribution in [3.63, 3.8) is 0 Å². The molecule has 4 aromatic rings. The molecule has 524 valence electrons. The molecule has 9 rings (SSSR count). The third-order valence-corrected chi connectivity index (χ3v) is 24.4. The molecule has 6 atom stereocenters. The first-order valence-corrected chi connectivity index (χ1v) is 34.3. The number of nitrogens with two attached hydrogens (primary N) is 3. The summed E-state index contributed by atoms with van der Waals surface area (Å²) in [5, 5.41) is 21.4. The van der Waals surface area contributed by atoms with Crippen molar-refractivity contribution in [3.8, 4) is 5.40 Å². The second kappa shape index (κ2) is 65.3. The molecule has 8 N–H and O–H groups in total. The first kappa shape index (κ1) is 123. The molecule has 38 heteroatoms. The zero-order valence-corrected chi connectivity index (χ0v) is 76.0. The van der Waals surface area contributed by atoms with E-state index in [9.17, 15) is 18.3 Å². The Morgan fingerprint density at radius 1 is 0.638 bits per heavy atom. The fraction of sp³-hybridized carbons (Fsp3) is 0.429. The van der Waals surface area contributed by atoms with Crippen LogP contribution >= 0.6 is 89.6 Å². The predicted octanol–water partition coefficient (Wildman–Crippen LogP) is 14.1. The van der Waals surface area contributed by atoms with E-state index in [1.54, 1.807) is 4.67 Å². The SMILES string of the molecule is CO.COP(=O)(OC)C(CN)c1ccccc1.COP(=O)(OC)C(CSC#N)c1ccccc1.COP1(=O)C(c2ccccc2)CN=C(N)N1C1CC1.COP1(=O)C(c2ccccc2)CNC(=S)N1C1CC1.NC1CC1.S=C(Cl)Cl.[CH3-].[CH3-].[CH3-].[CH3-].[V].[V].[V].[V].[V].[V].[V].[V].[V].[V]. The number of rotatable bonds is 17. The number of thiocyanates is 1. The average molecular weight is 1850 g/mol. The normalized spacial score (nSPS) is 18.6. The molecule has 1 saturated heterocycles. The fourth-order valence-corrected chi connectivity index (χ4v) is 18.0. The summed E-state index contributed by atoms with van der Waals surface area (Å²) in [5.74, 6) is 0.735. The Morgan fingerprint density at radius 3 is 1.26 bits per heavy atom. The van der Waals surface area contributed by atoms with Crippen molar-refractivity contribution in [3.05, 3.63) is 173 Å². The minimum atomic E-state index is -3.21. The maximum absolute atomic E-state index is 13.3. The Balaban J connectivity index is -0.0000000869. The number of aliphatic imine (C=N–C) groups is 1. The monoisotopic (exact) mass is 1850 g/mol. The van der Waals surface area contributed by atoms with Crippen LogP contribution in [-0.4, -0.2) is 123 Å². The van der Waals surface area contributed by atoms with Crippen molar-refractivity contribution < 1.29 is 236 Å². The average Bonchev–Trinajstić information content (AvgIpc) is 1.45. The van der Waals surface area contributed by atoms with Crippen molar-refractivity contribution in [1.82, 2.24) is 14.7 Å². The molecule has 0 bridgehead atoms. The van der Waals surface area contributed by atoms with Gasteiger partial charge in [-0.3, -0.25) is 32.6 Å². The topological polar surface area (TPSA) is 277 Å². The predicted molar refractivity (Wildman–Crippen MR) is 358 cm³/mol. The van der Waals surface area contributed by atoms with Gasteiger partial charge in [-0.05, 0) is 84.8 Å². The number of halogens is 2. The molecule has 0 aromatic heterocycles. The summed E-state index contributed by atoms with van der Waals surface area (Å²) in [6.07, 6.45) is 6.61. The molecule has 0 amide bonds. The number of guanidine groups is 1. The van der Waals surface area contributed by atoms with E-state index < -0.39 is 41.5 Å². The number of benzene rings is 4. The molecular formula is C56H88Cl2N8O11P4S3V10-4. The van der Waals surface area contributed by atoms with Crippen molar-refractivity contribution in [2.45, 2.75) is 79.3 Å². The van der Waals surface area contributed by atoms with Crippen LogP contribution in [0.1, 0.15) is 83.4 Å². The van der Waals surface area contributed by atoms with E-state index in [1.165, 1.54) is 55.5 Å². The third kappa shape index (κ3) is 39.2. The zero-order valence-electron chi connectivity index (χ0n) is 54.5. The number of hydrogen-bond donors (Lipinski definition) is 5. The molecule has 3 saturated carbocycles. The number of thioether (sulfide) groups is 1. The number of nitrogens with one attached hydrogen (secondary N) is 1. The van der Waals surface area contributed by atoms with Crippen LogP contribution in [0.2, 0.25) is 0 Å². The van der Waals surface area contributed by atoms with Crippen molar-refractivity contribution >= 4 is 104 Å². The Hall–Kier alpha value is 2.75. The Bertz CT molecular complexity index is 2780. The number of aliphatic hydroxyl groups excluding tert-OH is 1. The molecule has 4 fully saturated rings. The summed E-state index contributed by atoms with van der Waals surface area (Å²) in [7, 11) is -2.83. The Labute approximate surface area is 706 Å². The molecule has 0 spiro atoms. The quantitative estimate of drug-likeness (QED) is 0.0216. The van der Waals surface area contributed by atoms with Crippen LogP contribution in [-0.2, 0) is 231 Å². The number of nitriles is 1. The summed E-state index contributed by atoms with van der Waals surface area (Å²) < 4.78 is 85.5. The Morgan fingerprint density at radius 2 is 0.947 bits per heavy atom. The summed E-state index contributed by atoms with van der Waals surface area (Å²) >= 11 is 20.0. The summed E-state index contributed by atoms with van der Waals surface area (Å²) in [6, 6.07) is 39.4. The fourth-order valence-electron chi connectivity index (χ4n) is 8.17. The van der Waals surface area contributed by atoms with Gasteiger partial charge in [0, 0.05) is 272 Å². The van der Waals surface area contributed by atoms with Crippen molar-refractivity contribution in [2.24, 2.45) is 22.2 Å². The zero-order chi connectivity index (χ0) is 59.5. The van der Waals surface area contributed by atoms with Gasteiger partial charge in [0.15, 0.2) is 14.9 Å². The van der Waals surface area contributed by atoms with Crippen LogP contribution in [0.15, 0.2) is 126 Å². The van der Waals surface area contributed by atoms with Crippen molar-refractivity contribution in [1.29, 1.82) is 5.26 Å². The third-order valence-electron chi connectivity index (χ3n) is 12.7. The smallest absolute Gasteiger partial charge is 0.338 e.